The monoisotopic (exact) mass is 458 g/mol. The third-order valence-corrected chi connectivity index (χ3v) is 6.03. The molecule has 172 valence electrons. The van der Waals surface area contributed by atoms with E-state index < -0.39 is 58.5 Å². The summed E-state index contributed by atoms with van der Waals surface area (Å²) in [6, 6.07) is 6.13. The molecule has 2 aliphatic rings. The van der Waals surface area contributed by atoms with Crippen LogP contribution in [0.2, 0.25) is 0 Å². The molecule has 0 N–H and O–H groups in total. The van der Waals surface area contributed by atoms with Gasteiger partial charge in [-0.2, -0.15) is 8.42 Å². The average Bonchev–Trinajstić information content (AvgIpc) is 3.11. The van der Waals surface area contributed by atoms with Crippen LogP contribution in [0, 0.1) is 6.92 Å². The van der Waals surface area contributed by atoms with Crippen molar-refractivity contribution in [1.82, 2.24) is 0 Å². The van der Waals surface area contributed by atoms with E-state index in [4.69, 9.17) is 27.9 Å². The SMILES string of the molecule is CC(=O)OC[C@@H](OC(C)=O)[C@H]1O[C@@H]2OC(C)(C)O[C@@H]2[C@H]1OS(=O)(=O)c1ccc(C)cc1. The van der Waals surface area contributed by atoms with Crippen LogP contribution >= 0.6 is 0 Å². The highest BCUT2D eigenvalue weighted by atomic mass is 32.2. The molecule has 1 aromatic carbocycles. The fraction of sp³-hybridized carbons (Fsp3) is 0.600. The molecule has 0 unspecified atom stereocenters. The van der Waals surface area contributed by atoms with Crippen LogP contribution < -0.4 is 0 Å². The lowest BCUT2D eigenvalue weighted by Crippen LogP contribution is -2.47. The van der Waals surface area contributed by atoms with Crippen LogP contribution in [0.4, 0.5) is 0 Å². The van der Waals surface area contributed by atoms with E-state index in [2.05, 4.69) is 0 Å². The van der Waals surface area contributed by atoms with E-state index >= 15 is 0 Å². The van der Waals surface area contributed by atoms with Gasteiger partial charge in [-0.25, -0.2) is 0 Å². The fourth-order valence-corrected chi connectivity index (χ4v) is 4.52. The van der Waals surface area contributed by atoms with Gasteiger partial charge in [-0.3, -0.25) is 13.8 Å². The smallest absolute Gasteiger partial charge is 0.303 e. The third kappa shape index (κ3) is 5.60. The Morgan fingerprint density at radius 3 is 2.32 bits per heavy atom. The summed E-state index contributed by atoms with van der Waals surface area (Å²) in [4.78, 5) is 22.8. The van der Waals surface area contributed by atoms with Crippen LogP contribution in [0.5, 0.6) is 0 Å². The van der Waals surface area contributed by atoms with Crippen LogP contribution in [-0.4, -0.2) is 63.5 Å². The number of benzene rings is 1. The standard InChI is InChI=1S/C20H26O10S/c1-11-6-8-14(9-7-11)31(23,24)30-17-16(15(26-13(3)22)10-25-12(2)21)27-19-18(17)28-20(4,5)29-19/h6-9,15-19H,10H2,1-5H3/t15-,16-,17+,18-,19-/m1/s1. The lowest BCUT2D eigenvalue weighted by atomic mass is 10.1. The minimum atomic E-state index is -4.23. The Morgan fingerprint density at radius 2 is 1.74 bits per heavy atom. The molecular weight excluding hydrogens is 432 g/mol. The highest BCUT2D eigenvalue weighted by Gasteiger charge is 2.59. The molecule has 0 radical (unpaired) electrons. The van der Waals surface area contributed by atoms with E-state index in [0.29, 0.717) is 0 Å². The van der Waals surface area contributed by atoms with Crippen molar-refractivity contribution < 1.29 is 45.9 Å². The summed E-state index contributed by atoms with van der Waals surface area (Å²) in [7, 11) is -4.23. The number of esters is 2. The third-order valence-electron chi connectivity index (χ3n) is 4.71. The zero-order chi connectivity index (χ0) is 23.0. The first kappa shape index (κ1) is 23.6. The van der Waals surface area contributed by atoms with Gasteiger partial charge >= 0.3 is 11.9 Å². The molecule has 2 saturated heterocycles. The van der Waals surface area contributed by atoms with Gasteiger partial charge in [0.15, 0.2) is 18.2 Å². The maximum absolute atomic E-state index is 12.9. The first-order valence-electron chi connectivity index (χ1n) is 9.69. The van der Waals surface area contributed by atoms with Crippen molar-refractivity contribution in [2.45, 2.75) is 76.0 Å². The van der Waals surface area contributed by atoms with Gasteiger partial charge in [0, 0.05) is 13.8 Å². The number of hydrogen-bond acceptors (Lipinski definition) is 10. The second kappa shape index (κ2) is 8.83. The predicted octanol–water partition coefficient (Wildman–Crippen LogP) is 1.44. The van der Waals surface area contributed by atoms with Gasteiger partial charge in [0.2, 0.25) is 0 Å². The summed E-state index contributed by atoms with van der Waals surface area (Å²) in [5.41, 5.74) is 0.881. The molecule has 31 heavy (non-hydrogen) atoms. The van der Waals surface area contributed by atoms with Gasteiger partial charge in [-0.05, 0) is 32.9 Å². The van der Waals surface area contributed by atoms with Gasteiger partial charge in [0.1, 0.15) is 24.9 Å². The van der Waals surface area contributed by atoms with Crippen molar-refractivity contribution >= 4 is 22.1 Å². The predicted molar refractivity (Wildman–Crippen MR) is 104 cm³/mol. The maximum atomic E-state index is 12.9. The first-order valence-corrected chi connectivity index (χ1v) is 11.1. The van der Waals surface area contributed by atoms with E-state index in [1.807, 2.05) is 6.92 Å². The molecule has 5 atom stereocenters. The molecule has 0 amide bonds. The summed E-state index contributed by atoms with van der Waals surface area (Å²) in [6.45, 7) is 7.14. The zero-order valence-corrected chi connectivity index (χ0v) is 18.7. The van der Waals surface area contributed by atoms with Crippen LogP contribution in [0.25, 0.3) is 0 Å². The minimum absolute atomic E-state index is 0.0532. The second-order valence-electron chi connectivity index (χ2n) is 7.85. The molecule has 2 fully saturated rings. The maximum Gasteiger partial charge on any atom is 0.303 e. The summed E-state index contributed by atoms with van der Waals surface area (Å²) in [6.07, 6.45) is -5.38. The quantitative estimate of drug-likeness (QED) is 0.438. The van der Waals surface area contributed by atoms with Crippen molar-refractivity contribution in [3.63, 3.8) is 0 Å². The fourth-order valence-electron chi connectivity index (χ4n) is 3.43. The van der Waals surface area contributed by atoms with Gasteiger partial charge in [0.25, 0.3) is 10.1 Å². The topological polar surface area (TPSA) is 124 Å². The number of carbonyl (C=O) groups excluding carboxylic acids is 2. The normalized spacial score (nSPS) is 28.0. The number of ether oxygens (including phenoxy) is 5. The number of hydrogen-bond donors (Lipinski definition) is 0. The Labute approximate surface area is 180 Å². The van der Waals surface area contributed by atoms with Gasteiger partial charge in [-0.15, -0.1) is 0 Å². The summed E-state index contributed by atoms with van der Waals surface area (Å²) >= 11 is 0. The van der Waals surface area contributed by atoms with E-state index in [1.165, 1.54) is 26.0 Å². The Balaban J connectivity index is 1.91. The Morgan fingerprint density at radius 1 is 1.10 bits per heavy atom. The molecule has 0 saturated carbocycles. The van der Waals surface area contributed by atoms with Crippen molar-refractivity contribution in [1.29, 1.82) is 0 Å². The van der Waals surface area contributed by atoms with E-state index in [-0.39, 0.29) is 11.5 Å². The Kier molecular flexibility index (Phi) is 6.72. The largest absolute Gasteiger partial charge is 0.462 e. The van der Waals surface area contributed by atoms with Crippen molar-refractivity contribution in [3.05, 3.63) is 29.8 Å². The molecule has 11 heteroatoms. The number of rotatable bonds is 7. The molecule has 0 aliphatic carbocycles. The van der Waals surface area contributed by atoms with Crippen LogP contribution in [0.3, 0.4) is 0 Å². The minimum Gasteiger partial charge on any atom is -0.462 e. The lowest BCUT2D eigenvalue weighted by molar-refractivity contribution is -0.229. The molecule has 10 nitrogen and oxygen atoms in total. The zero-order valence-electron chi connectivity index (χ0n) is 17.9. The highest BCUT2D eigenvalue weighted by Crippen LogP contribution is 2.41. The Hall–Kier alpha value is -2.05. The van der Waals surface area contributed by atoms with Gasteiger partial charge < -0.3 is 23.7 Å². The molecule has 2 aliphatic heterocycles. The summed E-state index contributed by atoms with van der Waals surface area (Å²) in [5.74, 6) is -2.31. The molecule has 3 rings (SSSR count). The molecule has 1 aromatic rings. The molecule has 0 bridgehead atoms. The number of carbonyl (C=O) groups is 2. The number of aryl methyl sites for hydroxylation is 1. The van der Waals surface area contributed by atoms with Crippen molar-refractivity contribution in [3.8, 4) is 0 Å². The van der Waals surface area contributed by atoms with Crippen molar-refractivity contribution in [2.24, 2.45) is 0 Å². The van der Waals surface area contributed by atoms with Crippen LogP contribution in [0.15, 0.2) is 29.2 Å². The average molecular weight is 458 g/mol. The summed E-state index contributed by atoms with van der Waals surface area (Å²) < 4.78 is 58.9. The van der Waals surface area contributed by atoms with Gasteiger partial charge in [0.05, 0.1) is 4.90 Å². The number of fused-ring (bicyclic) bond motifs is 1. The molecular formula is C20H26O10S. The lowest BCUT2D eigenvalue weighted by Gasteiger charge is -2.29. The Bertz CT molecular complexity index is 924. The second-order valence-corrected chi connectivity index (χ2v) is 9.42. The van der Waals surface area contributed by atoms with E-state index in [9.17, 15) is 18.0 Å². The molecule has 2 heterocycles. The van der Waals surface area contributed by atoms with Gasteiger partial charge in [-0.1, -0.05) is 17.7 Å². The van der Waals surface area contributed by atoms with Crippen LogP contribution in [0.1, 0.15) is 33.3 Å². The highest BCUT2D eigenvalue weighted by molar-refractivity contribution is 7.86. The van der Waals surface area contributed by atoms with Crippen LogP contribution in [-0.2, 0) is 47.6 Å². The molecule has 0 spiro atoms. The van der Waals surface area contributed by atoms with E-state index in [0.717, 1.165) is 5.56 Å². The first-order chi connectivity index (χ1) is 14.4. The van der Waals surface area contributed by atoms with E-state index in [1.54, 1.807) is 26.0 Å². The molecule has 0 aromatic heterocycles. The van der Waals surface area contributed by atoms with Crippen molar-refractivity contribution in [2.75, 3.05) is 6.61 Å². The summed E-state index contributed by atoms with van der Waals surface area (Å²) in [5, 5.41) is 0.